The number of alkyl halides is 2. The number of hydrogen-bond acceptors (Lipinski definition) is 7. The van der Waals surface area contributed by atoms with E-state index in [4.69, 9.17) is 14.5 Å². The molecule has 1 aromatic heterocycles. The second kappa shape index (κ2) is 10.8. The second-order valence-corrected chi connectivity index (χ2v) is 12.5. The van der Waals surface area contributed by atoms with Gasteiger partial charge in [0.25, 0.3) is 5.91 Å². The molecule has 1 saturated heterocycles. The molecule has 2 heterocycles. The van der Waals surface area contributed by atoms with Crippen LogP contribution in [-0.4, -0.2) is 61.1 Å². The lowest BCUT2D eigenvalue weighted by atomic mass is 9.52. The zero-order valence-electron chi connectivity index (χ0n) is 21.6. The Bertz CT molecular complexity index is 999. The summed E-state index contributed by atoms with van der Waals surface area (Å²) in [6.45, 7) is 0.750. The Balaban J connectivity index is 1.36. The number of carbonyl (C=O) groups excluding carboxylic acids is 2. The number of methoxy groups -OCH3 is 1. The molecular weight excluding hydrogens is 500 g/mol. The Hall–Kier alpha value is -1.78. The molecule has 1 aromatic rings. The number of pyridine rings is 1. The second-order valence-electron chi connectivity index (χ2n) is 11.4. The molecule has 0 aromatic carbocycles. The van der Waals surface area contributed by atoms with Crippen LogP contribution in [0.2, 0.25) is 0 Å². The normalized spacial score (nSPS) is 34.2. The van der Waals surface area contributed by atoms with Crippen LogP contribution in [0.4, 0.5) is 8.78 Å². The number of nitrogens with one attached hydrogen (secondary N) is 2. The monoisotopic (exact) mass is 537 g/mol. The number of esters is 1. The smallest absolute Gasteiger partial charge is 0.345 e. The number of nitrogens with zero attached hydrogens (tertiary/aromatic N) is 1. The topological polar surface area (TPSA) is 89.5 Å². The summed E-state index contributed by atoms with van der Waals surface area (Å²) in [5.41, 5.74) is 0.150. The molecule has 1 aliphatic heterocycles. The molecule has 5 aliphatic rings. The third-order valence-corrected chi connectivity index (χ3v) is 10.1. The van der Waals surface area contributed by atoms with Crippen LogP contribution in [0.1, 0.15) is 74.3 Å². The largest absolute Gasteiger partial charge is 0.469 e. The van der Waals surface area contributed by atoms with Crippen molar-refractivity contribution in [2.24, 2.45) is 17.8 Å². The summed E-state index contributed by atoms with van der Waals surface area (Å²) >= 11 is 1.56. The highest BCUT2D eigenvalue weighted by atomic mass is 32.2. The van der Waals surface area contributed by atoms with E-state index in [1.54, 1.807) is 11.8 Å². The molecule has 37 heavy (non-hydrogen) atoms. The molecule has 3 atom stereocenters. The molecule has 204 valence electrons. The highest BCUT2D eigenvalue weighted by Gasteiger charge is 2.57. The van der Waals surface area contributed by atoms with Gasteiger partial charge in [-0.1, -0.05) is 6.92 Å². The molecule has 4 aliphatic carbocycles. The van der Waals surface area contributed by atoms with Gasteiger partial charge in [-0.2, -0.15) is 8.78 Å². The lowest BCUT2D eigenvalue weighted by Gasteiger charge is -2.59. The first kappa shape index (κ1) is 26.8. The molecular formula is C27H37F2N3O4S. The minimum atomic E-state index is -2.76. The molecule has 7 nitrogen and oxygen atoms in total. The van der Waals surface area contributed by atoms with Crippen molar-refractivity contribution in [2.45, 2.75) is 87.0 Å². The maximum Gasteiger partial charge on any atom is 0.345 e. The molecule has 2 unspecified atom stereocenters. The lowest BCUT2D eigenvalue weighted by molar-refractivity contribution is -0.260. The SMILES string of the molecule is CCCSc1nc([C@]2(CC(=O)OC)CCNC2)ccc1C(=O)NC1C2CC3CC1CC(OC(F)F)(C3)C2. The fraction of sp³-hybridized carbons (Fsp3) is 0.741. The third kappa shape index (κ3) is 5.39. The van der Waals surface area contributed by atoms with Gasteiger partial charge in [-0.15, -0.1) is 11.8 Å². The first-order chi connectivity index (χ1) is 17.8. The minimum Gasteiger partial charge on any atom is -0.469 e. The van der Waals surface area contributed by atoms with Crippen molar-refractivity contribution in [3.63, 3.8) is 0 Å². The van der Waals surface area contributed by atoms with Gasteiger partial charge in [0.1, 0.15) is 5.03 Å². The van der Waals surface area contributed by atoms with Crippen LogP contribution in [0.15, 0.2) is 17.2 Å². The van der Waals surface area contributed by atoms with E-state index in [2.05, 4.69) is 17.6 Å². The van der Waals surface area contributed by atoms with Crippen LogP contribution in [0.5, 0.6) is 0 Å². The van der Waals surface area contributed by atoms with Gasteiger partial charge in [0, 0.05) is 23.7 Å². The van der Waals surface area contributed by atoms with Crippen LogP contribution in [0, 0.1) is 17.8 Å². The average molecular weight is 538 g/mol. The summed E-state index contributed by atoms with van der Waals surface area (Å²) in [4.78, 5) is 30.8. The number of ether oxygens (including phenoxy) is 2. The van der Waals surface area contributed by atoms with E-state index < -0.39 is 17.6 Å². The van der Waals surface area contributed by atoms with Crippen molar-refractivity contribution in [2.75, 3.05) is 26.0 Å². The Morgan fingerprint density at radius 2 is 2.00 bits per heavy atom. The highest BCUT2D eigenvalue weighted by Crippen LogP contribution is 2.57. The van der Waals surface area contributed by atoms with E-state index >= 15 is 0 Å². The van der Waals surface area contributed by atoms with Crippen molar-refractivity contribution in [3.05, 3.63) is 23.4 Å². The van der Waals surface area contributed by atoms with E-state index in [-0.39, 0.29) is 36.2 Å². The molecule has 2 N–H and O–H groups in total. The zero-order chi connectivity index (χ0) is 26.2. The Morgan fingerprint density at radius 3 is 2.62 bits per heavy atom. The Labute approximate surface area is 221 Å². The number of hydrogen-bond donors (Lipinski definition) is 2. The van der Waals surface area contributed by atoms with Crippen LogP contribution in [0.25, 0.3) is 0 Å². The zero-order valence-corrected chi connectivity index (χ0v) is 22.4. The number of thioether (sulfide) groups is 1. The fourth-order valence-corrected chi connectivity index (χ4v) is 8.39. The van der Waals surface area contributed by atoms with Crippen LogP contribution in [-0.2, 0) is 19.7 Å². The summed E-state index contributed by atoms with van der Waals surface area (Å²) in [7, 11) is 1.40. The van der Waals surface area contributed by atoms with Gasteiger partial charge in [-0.05, 0) is 87.1 Å². The van der Waals surface area contributed by atoms with Gasteiger partial charge in [0.2, 0.25) is 0 Å². The number of aromatic nitrogens is 1. The maximum absolute atomic E-state index is 13.6. The summed E-state index contributed by atoms with van der Waals surface area (Å²) in [6, 6.07) is 3.68. The number of halogens is 2. The van der Waals surface area contributed by atoms with Crippen molar-refractivity contribution >= 4 is 23.6 Å². The van der Waals surface area contributed by atoms with Crippen molar-refractivity contribution < 1.29 is 27.8 Å². The van der Waals surface area contributed by atoms with Crippen molar-refractivity contribution in [1.29, 1.82) is 0 Å². The first-order valence-electron chi connectivity index (χ1n) is 13.4. The molecule has 4 bridgehead atoms. The lowest BCUT2D eigenvalue weighted by Crippen LogP contribution is -2.62. The van der Waals surface area contributed by atoms with E-state index in [1.165, 1.54) is 7.11 Å². The van der Waals surface area contributed by atoms with Gasteiger partial charge in [0.15, 0.2) is 0 Å². The summed E-state index contributed by atoms with van der Waals surface area (Å²) < 4.78 is 36.4. The quantitative estimate of drug-likeness (QED) is 0.340. The first-order valence-corrected chi connectivity index (χ1v) is 14.4. The van der Waals surface area contributed by atoms with Crippen molar-refractivity contribution in [1.82, 2.24) is 15.6 Å². The van der Waals surface area contributed by atoms with Crippen LogP contribution < -0.4 is 10.6 Å². The van der Waals surface area contributed by atoms with Crippen molar-refractivity contribution in [3.8, 4) is 0 Å². The standard InChI is InChI=1S/C27H37F2N3O4S/c1-3-8-37-24-19(4-5-20(31-24)26(6-7-30-15-26)14-21(33)35-2)23(34)32-22-17-9-16-10-18(22)13-27(11-16,12-17)36-25(28)29/h4-5,16-18,22,25,30H,3,6-15H2,1-2H3,(H,32,34)/t16?,17?,18?,22?,26-,27?/m0/s1. The molecule has 6 rings (SSSR count). The molecule has 0 spiro atoms. The van der Waals surface area contributed by atoms with Gasteiger partial charge < -0.3 is 20.1 Å². The van der Waals surface area contributed by atoms with E-state index in [9.17, 15) is 18.4 Å². The minimum absolute atomic E-state index is 0.0353. The van der Waals surface area contributed by atoms with Gasteiger partial charge in [-0.3, -0.25) is 9.59 Å². The summed E-state index contributed by atoms with van der Waals surface area (Å²) in [5, 5.41) is 7.31. The van der Waals surface area contributed by atoms with Gasteiger partial charge in [-0.25, -0.2) is 4.98 Å². The van der Waals surface area contributed by atoms with E-state index in [0.717, 1.165) is 43.7 Å². The van der Waals surface area contributed by atoms with E-state index in [0.29, 0.717) is 42.3 Å². The van der Waals surface area contributed by atoms with E-state index in [1.807, 2.05) is 12.1 Å². The van der Waals surface area contributed by atoms with Crippen LogP contribution >= 0.6 is 11.8 Å². The molecule has 5 fully saturated rings. The summed E-state index contributed by atoms with van der Waals surface area (Å²) in [5.74, 6) is 1.09. The number of amides is 1. The highest BCUT2D eigenvalue weighted by molar-refractivity contribution is 7.99. The maximum atomic E-state index is 13.6. The molecule has 10 heteroatoms. The summed E-state index contributed by atoms with van der Waals surface area (Å²) in [6.07, 6.45) is 5.71. The Morgan fingerprint density at radius 1 is 1.24 bits per heavy atom. The molecule has 0 radical (unpaired) electrons. The predicted molar refractivity (Wildman–Crippen MR) is 136 cm³/mol. The van der Waals surface area contributed by atoms with Gasteiger partial charge in [0.05, 0.1) is 24.7 Å². The van der Waals surface area contributed by atoms with Crippen LogP contribution in [0.3, 0.4) is 0 Å². The number of carbonyl (C=O) groups is 2. The third-order valence-electron chi connectivity index (χ3n) is 8.90. The molecule has 4 saturated carbocycles. The fourth-order valence-electron chi connectivity index (χ4n) is 7.52. The predicted octanol–water partition coefficient (Wildman–Crippen LogP) is 4.29. The number of rotatable bonds is 10. The Kier molecular flexibility index (Phi) is 7.80. The molecule has 1 amide bonds. The average Bonchev–Trinajstić information content (AvgIpc) is 3.33. The van der Waals surface area contributed by atoms with Gasteiger partial charge >= 0.3 is 12.6 Å².